The Morgan fingerprint density at radius 2 is 1.66 bits per heavy atom. The fraction of sp³-hybridized carbons (Fsp3) is 0.370. The molecule has 1 aliphatic carbocycles. The van der Waals surface area contributed by atoms with Gasteiger partial charge in [-0.3, -0.25) is 0 Å². The van der Waals surface area contributed by atoms with Gasteiger partial charge in [0, 0.05) is 22.3 Å². The first-order chi connectivity index (χ1) is 15.6. The molecule has 166 valence electrons. The highest BCUT2D eigenvalue weighted by molar-refractivity contribution is 7.97. The maximum atomic E-state index is 13.4. The topological polar surface area (TPSA) is 35.5 Å². The van der Waals surface area contributed by atoms with Crippen molar-refractivity contribution in [3.63, 3.8) is 0 Å². The molecule has 1 saturated heterocycles. The van der Waals surface area contributed by atoms with Crippen molar-refractivity contribution in [2.75, 3.05) is 18.1 Å². The number of rotatable bonds is 6. The average molecular weight is 452 g/mol. The molecule has 2 aliphatic rings. The van der Waals surface area contributed by atoms with Crippen LogP contribution < -0.4 is 4.74 Å². The van der Waals surface area contributed by atoms with E-state index in [2.05, 4.69) is 24.3 Å². The van der Waals surface area contributed by atoms with Crippen LogP contribution in [0, 0.1) is 5.82 Å². The Hall–Kier alpha value is -2.53. The molecule has 32 heavy (non-hydrogen) atoms. The van der Waals surface area contributed by atoms with Crippen LogP contribution in [0.1, 0.15) is 44.1 Å². The molecule has 2 fully saturated rings. The maximum Gasteiger partial charge on any atom is 0.345 e. The number of fused-ring (bicyclic) bond motifs is 1. The Kier molecular flexibility index (Phi) is 6.09. The smallest absolute Gasteiger partial charge is 0.345 e. The van der Waals surface area contributed by atoms with E-state index >= 15 is 0 Å². The average Bonchev–Trinajstić information content (AvgIpc) is 3.51. The van der Waals surface area contributed by atoms with Crippen LogP contribution in [0.4, 0.5) is 4.39 Å². The van der Waals surface area contributed by atoms with Gasteiger partial charge in [-0.1, -0.05) is 30.3 Å². The lowest BCUT2D eigenvalue weighted by atomic mass is 9.92. The van der Waals surface area contributed by atoms with E-state index in [1.807, 2.05) is 12.1 Å². The summed E-state index contributed by atoms with van der Waals surface area (Å²) in [5.74, 6) is 2.52. The minimum Gasteiger partial charge on any atom is -0.482 e. The first-order valence-corrected chi connectivity index (χ1v) is 13.0. The number of esters is 1. The van der Waals surface area contributed by atoms with Gasteiger partial charge in [-0.25, -0.2) is 9.18 Å². The minimum absolute atomic E-state index is 0.130. The van der Waals surface area contributed by atoms with Crippen LogP contribution in [0.15, 0.2) is 65.6 Å². The highest BCUT2D eigenvalue weighted by Gasteiger charge is 2.39. The van der Waals surface area contributed by atoms with Crippen molar-refractivity contribution in [1.82, 2.24) is 0 Å². The molecular formula is C27H28FO3S+. The maximum absolute atomic E-state index is 13.4. The van der Waals surface area contributed by atoms with Crippen LogP contribution in [-0.4, -0.2) is 24.1 Å². The van der Waals surface area contributed by atoms with Crippen molar-refractivity contribution in [3.8, 4) is 5.75 Å². The summed E-state index contributed by atoms with van der Waals surface area (Å²) in [6.07, 6.45) is 6.05. The summed E-state index contributed by atoms with van der Waals surface area (Å²) >= 11 is 0. The summed E-state index contributed by atoms with van der Waals surface area (Å²) in [5, 5.41) is 2.43. The van der Waals surface area contributed by atoms with Crippen LogP contribution in [0.5, 0.6) is 5.75 Å². The molecule has 0 aromatic heterocycles. The number of hydrogen-bond acceptors (Lipinski definition) is 3. The second-order valence-electron chi connectivity index (χ2n) is 8.72. The van der Waals surface area contributed by atoms with Gasteiger partial charge in [-0.05, 0) is 73.7 Å². The van der Waals surface area contributed by atoms with Gasteiger partial charge in [-0.15, -0.1) is 0 Å². The van der Waals surface area contributed by atoms with Gasteiger partial charge in [0.25, 0.3) is 0 Å². The lowest BCUT2D eigenvalue weighted by molar-refractivity contribution is -0.163. The normalized spacial score (nSPS) is 18.2. The van der Waals surface area contributed by atoms with Crippen LogP contribution in [0.2, 0.25) is 0 Å². The quantitative estimate of drug-likeness (QED) is 0.333. The standard InChI is InChI=1S/C27H28FO3S/c28-22-11-9-21(10-12-22)27(13-3-4-14-27)31-26(29)19-30-23-17-20-7-1-2-8-24(20)25(18-23)32-15-5-6-16-32/h1-2,7-12,17-18H,3-6,13-16,19H2/q+1. The Labute approximate surface area is 191 Å². The van der Waals surface area contributed by atoms with Crippen LogP contribution >= 0.6 is 0 Å². The number of halogens is 1. The molecular weight excluding hydrogens is 423 g/mol. The van der Waals surface area contributed by atoms with E-state index in [0.717, 1.165) is 42.4 Å². The van der Waals surface area contributed by atoms with Crippen molar-refractivity contribution in [1.29, 1.82) is 0 Å². The molecule has 3 aromatic rings. The number of ether oxygens (including phenoxy) is 2. The third kappa shape index (κ3) is 4.36. The summed E-state index contributed by atoms with van der Waals surface area (Å²) in [7, 11) is 0.246. The molecule has 1 heterocycles. The molecule has 0 N–H and O–H groups in total. The van der Waals surface area contributed by atoms with Crippen LogP contribution in [-0.2, 0) is 26.0 Å². The van der Waals surface area contributed by atoms with Crippen molar-refractivity contribution in [2.45, 2.75) is 49.0 Å². The lowest BCUT2D eigenvalue weighted by Crippen LogP contribution is -2.31. The molecule has 0 spiro atoms. The Morgan fingerprint density at radius 3 is 2.41 bits per heavy atom. The number of carbonyl (C=O) groups excluding carboxylic acids is 1. The van der Waals surface area contributed by atoms with Crippen molar-refractivity contribution in [3.05, 3.63) is 72.0 Å². The summed E-state index contributed by atoms with van der Waals surface area (Å²) in [4.78, 5) is 14.2. The van der Waals surface area contributed by atoms with E-state index in [4.69, 9.17) is 9.47 Å². The van der Waals surface area contributed by atoms with E-state index in [-0.39, 0.29) is 29.3 Å². The molecule has 3 aromatic carbocycles. The molecule has 1 saturated carbocycles. The summed E-state index contributed by atoms with van der Waals surface area (Å²) in [6, 6.07) is 18.9. The zero-order valence-corrected chi connectivity index (χ0v) is 19.0. The van der Waals surface area contributed by atoms with Crippen LogP contribution in [0.25, 0.3) is 10.8 Å². The largest absolute Gasteiger partial charge is 0.482 e. The van der Waals surface area contributed by atoms with Crippen molar-refractivity contribution < 1.29 is 18.7 Å². The SMILES string of the molecule is O=C(COc1cc([S+]2CCCC2)c2ccccc2c1)OC1(c2ccc(F)cc2)CCCC1. The van der Waals surface area contributed by atoms with E-state index in [9.17, 15) is 9.18 Å². The Morgan fingerprint density at radius 1 is 0.938 bits per heavy atom. The highest BCUT2D eigenvalue weighted by atomic mass is 32.2. The first-order valence-electron chi connectivity index (χ1n) is 11.4. The zero-order chi connectivity index (χ0) is 22.0. The molecule has 0 atom stereocenters. The van der Waals surface area contributed by atoms with E-state index in [1.54, 1.807) is 12.1 Å². The van der Waals surface area contributed by atoms with E-state index in [0.29, 0.717) is 0 Å². The summed E-state index contributed by atoms with van der Waals surface area (Å²) in [5.41, 5.74) is 0.189. The number of hydrogen-bond donors (Lipinski definition) is 0. The van der Waals surface area contributed by atoms with Gasteiger partial charge in [0.15, 0.2) is 11.5 Å². The predicted octanol–water partition coefficient (Wildman–Crippen LogP) is 6.14. The van der Waals surface area contributed by atoms with E-state index in [1.165, 1.54) is 46.8 Å². The molecule has 0 unspecified atom stereocenters. The fourth-order valence-corrected chi connectivity index (χ4v) is 7.51. The van der Waals surface area contributed by atoms with Gasteiger partial charge in [-0.2, -0.15) is 0 Å². The Bertz CT molecular complexity index is 1100. The molecule has 0 radical (unpaired) electrons. The summed E-state index contributed by atoms with van der Waals surface area (Å²) < 4.78 is 25.3. The predicted molar refractivity (Wildman–Crippen MR) is 127 cm³/mol. The molecule has 5 rings (SSSR count). The third-order valence-corrected chi connectivity index (χ3v) is 9.11. The lowest BCUT2D eigenvalue weighted by Gasteiger charge is -2.29. The van der Waals surface area contributed by atoms with Gasteiger partial charge < -0.3 is 9.47 Å². The van der Waals surface area contributed by atoms with Gasteiger partial charge in [0.2, 0.25) is 0 Å². The second-order valence-corrected chi connectivity index (χ2v) is 11.0. The monoisotopic (exact) mass is 451 g/mol. The molecule has 0 amide bonds. The molecule has 3 nitrogen and oxygen atoms in total. The molecule has 5 heteroatoms. The van der Waals surface area contributed by atoms with Crippen molar-refractivity contribution >= 4 is 27.6 Å². The van der Waals surface area contributed by atoms with Gasteiger partial charge >= 0.3 is 5.97 Å². The second kappa shape index (κ2) is 9.14. The van der Waals surface area contributed by atoms with Crippen LogP contribution in [0.3, 0.4) is 0 Å². The van der Waals surface area contributed by atoms with Gasteiger partial charge in [0.1, 0.15) is 28.7 Å². The zero-order valence-electron chi connectivity index (χ0n) is 18.1. The third-order valence-electron chi connectivity index (χ3n) is 6.59. The molecule has 0 bridgehead atoms. The summed E-state index contributed by atoms with van der Waals surface area (Å²) in [6.45, 7) is -0.130. The fourth-order valence-electron chi connectivity index (χ4n) is 4.98. The molecule has 1 aliphatic heterocycles. The number of benzene rings is 3. The van der Waals surface area contributed by atoms with Crippen molar-refractivity contribution in [2.24, 2.45) is 0 Å². The first kappa shape index (κ1) is 21.3. The van der Waals surface area contributed by atoms with Gasteiger partial charge in [0.05, 0.1) is 0 Å². The van der Waals surface area contributed by atoms with E-state index < -0.39 is 5.60 Å². The number of carbonyl (C=O) groups is 1. The Balaban J connectivity index is 1.33. The highest BCUT2D eigenvalue weighted by Crippen LogP contribution is 2.42. The minimum atomic E-state index is -0.673.